The van der Waals surface area contributed by atoms with Gasteiger partial charge >= 0.3 is 12.1 Å². The Labute approximate surface area is 158 Å². The van der Waals surface area contributed by atoms with E-state index in [2.05, 4.69) is 10.3 Å². The number of carbonyl (C=O) groups is 1. The van der Waals surface area contributed by atoms with Crippen molar-refractivity contribution in [1.29, 1.82) is 0 Å². The van der Waals surface area contributed by atoms with E-state index in [1.807, 2.05) is 11.8 Å². The summed E-state index contributed by atoms with van der Waals surface area (Å²) in [7, 11) is 1.39. The number of piperidine rings is 1. The zero-order valence-electron chi connectivity index (χ0n) is 14.2. The number of nitrogens with zero attached hydrogens (tertiary/aromatic N) is 2. The van der Waals surface area contributed by atoms with Crippen LogP contribution in [0.2, 0.25) is 0 Å². The number of esters is 1. The maximum Gasteiger partial charge on any atom is 0.389 e. The molecule has 1 aliphatic rings. The predicted molar refractivity (Wildman–Crippen MR) is 97.6 cm³/mol. The van der Waals surface area contributed by atoms with Crippen molar-refractivity contribution in [2.45, 2.75) is 45.2 Å². The Balaban J connectivity index is 0.00000529. The predicted octanol–water partition coefficient (Wildman–Crippen LogP) is 3.19. The van der Waals surface area contributed by atoms with Crippen LogP contribution in [0.15, 0.2) is 4.99 Å². The van der Waals surface area contributed by atoms with Crippen molar-refractivity contribution in [1.82, 2.24) is 10.2 Å². The Kier molecular flexibility index (Phi) is 11.4. The van der Waals surface area contributed by atoms with Crippen LogP contribution in [-0.2, 0) is 9.53 Å². The number of nitrogens with one attached hydrogen (secondary N) is 1. The average molecular weight is 465 g/mol. The summed E-state index contributed by atoms with van der Waals surface area (Å²) in [6, 6.07) is 0. The number of halogens is 4. The quantitative estimate of drug-likeness (QED) is 0.215. The van der Waals surface area contributed by atoms with Crippen LogP contribution in [0.1, 0.15) is 39.0 Å². The van der Waals surface area contributed by atoms with Gasteiger partial charge in [-0.25, -0.2) is 0 Å². The van der Waals surface area contributed by atoms with Gasteiger partial charge in [0.1, 0.15) is 0 Å². The minimum absolute atomic E-state index is 0. The zero-order chi connectivity index (χ0) is 17.3. The lowest BCUT2D eigenvalue weighted by Crippen LogP contribution is -2.46. The van der Waals surface area contributed by atoms with E-state index in [1.165, 1.54) is 7.11 Å². The Morgan fingerprint density at radius 1 is 1.29 bits per heavy atom. The minimum Gasteiger partial charge on any atom is -0.469 e. The van der Waals surface area contributed by atoms with Crippen LogP contribution in [0, 0.1) is 5.92 Å². The lowest BCUT2D eigenvalue weighted by molar-refractivity contribution is -0.146. The van der Waals surface area contributed by atoms with Crippen molar-refractivity contribution >= 4 is 35.9 Å². The van der Waals surface area contributed by atoms with Crippen LogP contribution >= 0.6 is 24.0 Å². The lowest BCUT2D eigenvalue weighted by atomic mass is 9.97. The van der Waals surface area contributed by atoms with Gasteiger partial charge in [-0.2, -0.15) is 13.2 Å². The first-order valence-electron chi connectivity index (χ1n) is 8.05. The molecule has 0 spiro atoms. The third-order valence-electron chi connectivity index (χ3n) is 3.79. The highest BCUT2D eigenvalue weighted by Crippen LogP contribution is 2.22. The van der Waals surface area contributed by atoms with Crippen LogP contribution in [0.3, 0.4) is 0 Å². The Hall–Kier alpha value is -0.740. The molecule has 0 radical (unpaired) electrons. The van der Waals surface area contributed by atoms with Crippen molar-refractivity contribution in [3.05, 3.63) is 0 Å². The van der Waals surface area contributed by atoms with Crippen molar-refractivity contribution < 1.29 is 22.7 Å². The average Bonchev–Trinajstić information content (AvgIpc) is 2.52. The summed E-state index contributed by atoms with van der Waals surface area (Å²) in [4.78, 5) is 18.0. The van der Waals surface area contributed by atoms with Gasteiger partial charge in [0.25, 0.3) is 0 Å². The number of methoxy groups -OCH3 is 1. The summed E-state index contributed by atoms with van der Waals surface area (Å²) in [6.45, 7) is 4.39. The Bertz CT molecular complexity index is 398. The molecule has 0 aromatic heterocycles. The molecular weight excluding hydrogens is 438 g/mol. The molecule has 0 unspecified atom stereocenters. The van der Waals surface area contributed by atoms with Crippen LogP contribution in [0.4, 0.5) is 13.2 Å². The van der Waals surface area contributed by atoms with E-state index in [4.69, 9.17) is 4.74 Å². The third kappa shape index (κ3) is 8.93. The second kappa shape index (κ2) is 11.8. The van der Waals surface area contributed by atoms with Crippen LogP contribution in [0.25, 0.3) is 0 Å². The van der Waals surface area contributed by atoms with E-state index >= 15 is 0 Å². The number of carbonyl (C=O) groups excluding carboxylic acids is 1. The van der Waals surface area contributed by atoms with Crippen molar-refractivity contribution in [3.8, 4) is 0 Å². The molecule has 5 nitrogen and oxygen atoms in total. The first kappa shape index (κ1) is 23.3. The third-order valence-corrected chi connectivity index (χ3v) is 3.79. The summed E-state index contributed by atoms with van der Waals surface area (Å²) < 4.78 is 41.0. The molecule has 1 N–H and O–H groups in total. The molecule has 1 saturated heterocycles. The van der Waals surface area contributed by atoms with Crippen molar-refractivity contribution in [2.24, 2.45) is 10.9 Å². The summed E-state index contributed by atoms with van der Waals surface area (Å²) in [5.41, 5.74) is 0. The molecule has 142 valence electrons. The largest absolute Gasteiger partial charge is 0.469 e. The number of ether oxygens (including phenoxy) is 1. The molecule has 0 aromatic rings. The monoisotopic (exact) mass is 465 g/mol. The number of guanidine groups is 1. The van der Waals surface area contributed by atoms with E-state index in [9.17, 15) is 18.0 Å². The maximum absolute atomic E-state index is 12.1. The fourth-order valence-corrected chi connectivity index (χ4v) is 2.54. The van der Waals surface area contributed by atoms with Gasteiger partial charge in [-0.1, -0.05) is 0 Å². The van der Waals surface area contributed by atoms with Crippen LogP contribution in [-0.4, -0.2) is 56.3 Å². The van der Waals surface area contributed by atoms with Crippen LogP contribution < -0.4 is 5.32 Å². The molecule has 0 saturated carbocycles. The van der Waals surface area contributed by atoms with E-state index in [1.54, 1.807) is 0 Å². The zero-order valence-corrected chi connectivity index (χ0v) is 16.5. The minimum atomic E-state index is -4.09. The number of unbranched alkanes of at least 4 members (excludes halogenated alkanes) is 1. The van der Waals surface area contributed by atoms with E-state index in [0.29, 0.717) is 51.4 Å². The smallest absolute Gasteiger partial charge is 0.389 e. The van der Waals surface area contributed by atoms with Gasteiger partial charge in [0.05, 0.1) is 13.0 Å². The maximum atomic E-state index is 12.1. The van der Waals surface area contributed by atoms with Gasteiger partial charge in [-0.05, 0) is 32.6 Å². The van der Waals surface area contributed by atoms with Gasteiger partial charge in [0.15, 0.2) is 5.96 Å². The van der Waals surface area contributed by atoms with Crippen molar-refractivity contribution in [3.63, 3.8) is 0 Å². The molecule has 0 aromatic carbocycles. The van der Waals surface area contributed by atoms with Gasteiger partial charge in [-0.15, -0.1) is 24.0 Å². The first-order valence-corrected chi connectivity index (χ1v) is 8.05. The van der Waals surface area contributed by atoms with Crippen LogP contribution in [0.5, 0.6) is 0 Å². The molecule has 0 bridgehead atoms. The van der Waals surface area contributed by atoms with E-state index < -0.39 is 12.6 Å². The van der Waals surface area contributed by atoms with E-state index in [0.717, 1.165) is 0 Å². The van der Waals surface area contributed by atoms with E-state index in [-0.39, 0.29) is 42.3 Å². The number of aliphatic imine (C=N–C) groups is 1. The van der Waals surface area contributed by atoms with Gasteiger partial charge in [-0.3, -0.25) is 9.79 Å². The van der Waals surface area contributed by atoms with Gasteiger partial charge in [0, 0.05) is 32.6 Å². The summed E-state index contributed by atoms with van der Waals surface area (Å²) in [5.74, 6) is 0.451. The second-order valence-corrected chi connectivity index (χ2v) is 5.59. The van der Waals surface area contributed by atoms with Gasteiger partial charge < -0.3 is 15.0 Å². The fraction of sp³-hybridized carbons (Fsp3) is 0.867. The highest BCUT2D eigenvalue weighted by Gasteiger charge is 2.27. The topological polar surface area (TPSA) is 53.9 Å². The second-order valence-electron chi connectivity index (χ2n) is 5.59. The molecule has 0 atom stereocenters. The summed E-state index contributed by atoms with van der Waals surface area (Å²) >= 11 is 0. The number of rotatable bonds is 6. The molecule has 1 rings (SSSR count). The molecule has 0 aliphatic carbocycles. The molecular formula is C15H27F3IN3O2. The Morgan fingerprint density at radius 2 is 1.92 bits per heavy atom. The number of alkyl halides is 3. The molecule has 9 heteroatoms. The number of hydrogen-bond acceptors (Lipinski definition) is 3. The molecule has 0 amide bonds. The molecule has 1 heterocycles. The van der Waals surface area contributed by atoms with Gasteiger partial charge in [0.2, 0.25) is 0 Å². The highest BCUT2D eigenvalue weighted by molar-refractivity contribution is 14.0. The lowest BCUT2D eigenvalue weighted by Gasteiger charge is -2.33. The molecule has 24 heavy (non-hydrogen) atoms. The summed E-state index contributed by atoms with van der Waals surface area (Å²) in [6.07, 6.45) is -2.95. The fourth-order valence-electron chi connectivity index (χ4n) is 2.54. The van der Waals surface area contributed by atoms with Crippen molar-refractivity contribution in [2.75, 3.05) is 33.3 Å². The highest BCUT2D eigenvalue weighted by atomic mass is 127. The standard InChI is InChI=1S/C15H26F3N3O2.HI/c1-3-19-14(20-9-5-4-8-15(16,17)18)21-10-6-12(7-11-21)13(22)23-2;/h12H,3-11H2,1-2H3,(H,19,20);1H. The number of hydrogen-bond donors (Lipinski definition) is 1. The molecule has 1 aliphatic heterocycles. The SMILES string of the molecule is CCNC(=NCCCCC(F)(F)F)N1CCC(C(=O)OC)CC1.I. The number of likely N-dealkylation sites (tertiary alicyclic amines) is 1. The first-order chi connectivity index (χ1) is 10.9. The Morgan fingerprint density at radius 3 is 2.42 bits per heavy atom. The summed E-state index contributed by atoms with van der Waals surface area (Å²) in [5, 5.41) is 3.16. The molecule has 1 fully saturated rings. The normalized spacial score (nSPS) is 16.5.